The number of likely N-dealkylation sites (N-methyl/N-ethyl adjacent to an activating group) is 1. The molecule has 0 bridgehead atoms. The van der Waals surface area contributed by atoms with E-state index >= 15 is 0 Å². The number of amides is 3. The number of hydrogen-bond donors (Lipinski definition) is 0. The topological polar surface area (TPSA) is 88.6 Å². The predicted molar refractivity (Wildman–Crippen MR) is 87.7 cm³/mol. The maximum Gasteiger partial charge on any atom is 0.416 e. The van der Waals surface area contributed by atoms with E-state index in [9.17, 15) is 14.4 Å². The van der Waals surface area contributed by atoms with Crippen molar-refractivity contribution < 1.29 is 28.6 Å². The molecule has 0 aromatic heterocycles. The summed E-state index contributed by atoms with van der Waals surface area (Å²) in [6.07, 6.45) is -1.72. The first-order valence-corrected chi connectivity index (χ1v) is 7.74. The first-order chi connectivity index (χ1) is 11.9. The van der Waals surface area contributed by atoms with Crippen molar-refractivity contribution >= 4 is 29.7 Å². The Morgan fingerprint density at radius 2 is 2.08 bits per heavy atom. The van der Waals surface area contributed by atoms with Crippen LogP contribution in [0.2, 0.25) is 0 Å². The summed E-state index contributed by atoms with van der Waals surface area (Å²) in [5, 5.41) is 0. The first kappa shape index (κ1) is 16.9. The van der Waals surface area contributed by atoms with Gasteiger partial charge in [0.2, 0.25) is 0 Å². The van der Waals surface area contributed by atoms with Crippen molar-refractivity contribution in [1.82, 2.24) is 4.90 Å². The molecule has 0 unspecified atom stereocenters. The van der Waals surface area contributed by atoms with Gasteiger partial charge in [0.25, 0.3) is 0 Å². The lowest BCUT2D eigenvalue weighted by atomic mass is 10.1. The molecule has 0 spiro atoms. The molecule has 1 aromatic carbocycles. The number of carbonyl (C=O) groups is 3. The van der Waals surface area contributed by atoms with Crippen molar-refractivity contribution in [3.8, 4) is 0 Å². The third-order valence-corrected chi connectivity index (χ3v) is 4.30. The van der Waals surface area contributed by atoms with E-state index in [1.165, 1.54) is 28.9 Å². The van der Waals surface area contributed by atoms with Crippen LogP contribution in [-0.2, 0) is 20.6 Å². The van der Waals surface area contributed by atoms with Crippen molar-refractivity contribution in [3.05, 3.63) is 23.8 Å². The molecule has 0 N–H and O–H groups in total. The van der Waals surface area contributed by atoms with Crippen LogP contribution >= 0.6 is 0 Å². The molecule has 1 atom stereocenters. The summed E-state index contributed by atoms with van der Waals surface area (Å²) >= 11 is 0. The predicted octanol–water partition coefficient (Wildman–Crippen LogP) is 1.80. The van der Waals surface area contributed by atoms with Gasteiger partial charge in [-0.1, -0.05) is 0 Å². The Kier molecular flexibility index (Phi) is 4.39. The highest BCUT2D eigenvalue weighted by molar-refractivity contribution is 5.92. The lowest BCUT2D eigenvalue weighted by Crippen LogP contribution is -2.39. The number of cyclic esters (lactones) is 2. The number of fused-ring (bicyclic) bond motifs is 1. The van der Waals surface area contributed by atoms with Crippen molar-refractivity contribution in [2.24, 2.45) is 0 Å². The summed E-state index contributed by atoms with van der Waals surface area (Å²) < 4.78 is 15.0. The molecule has 0 radical (unpaired) electrons. The molecule has 134 valence electrons. The number of benzene rings is 1. The van der Waals surface area contributed by atoms with Crippen LogP contribution in [0.15, 0.2) is 18.2 Å². The van der Waals surface area contributed by atoms with Gasteiger partial charge in [-0.3, -0.25) is 14.7 Å². The Morgan fingerprint density at radius 3 is 2.80 bits per heavy atom. The number of methoxy groups -OCH3 is 1. The molecule has 9 nitrogen and oxygen atoms in total. The molecule has 1 saturated heterocycles. The third-order valence-electron chi connectivity index (χ3n) is 4.30. The van der Waals surface area contributed by atoms with Crippen molar-refractivity contribution in [2.75, 3.05) is 44.2 Å². The quantitative estimate of drug-likeness (QED) is 0.757. The number of nitrogens with zero attached hydrogens (tertiary/aromatic N) is 3. The van der Waals surface area contributed by atoms with E-state index in [-0.39, 0.29) is 13.2 Å². The highest BCUT2D eigenvalue weighted by Gasteiger charge is 2.37. The summed E-state index contributed by atoms with van der Waals surface area (Å²) in [5.41, 5.74) is 2.26. The summed E-state index contributed by atoms with van der Waals surface area (Å²) in [7, 11) is 4.40. The standard InChI is InChI=1S/C16H19N3O6/c1-17-12-5-4-11(8-10(12)6-7-24-15(17)21)19-9-13(25-16(19)22)18(2)14(20)23-3/h4-5,8,13H,6-7,9H2,1-3H3/t13-/m1/s1. The van der Waals surface area contributed by atoms with Gasteiger partial charge in [-0.25, -0.2) is 14.4 Å². The van der Waals surface area contributed by atoms with E-state index in [4.69, 9.17) is 9.47 Å². The first-order valence-electron chi connectivity index (χ1n) is 7.74. The Morgan fingerprint density at radius 1 is 1.32 bits per heavy atom. The molecule has 2 aliphatic heterocycles. The molecule has 2 aliphatic rings. The lowest BCUT2D eigenvalue weighted by molar-refractivity contribution is 0.0343. The van der Waals surface area contributed by atoms with Gasteiger partial charge in [-0.05, 0) is 23.8 Å². The van der Waals surface area contributed by atoms with Crippen LogP contribution in [-0.4, -0.2) is 63.8 Å². The molecule has 0 saturated carbocycles. The van der Waals surface area contributed by atoms with Crippen LogP contribution < -0.4 is 9.80 Å². The van der Waals surface area contributed by atoms with Gasteiger partial charge in [0.05, 0.1) is 25.9 Å². The fraction of sp³-hybridized carbons (Fsp3) is 0.438. The van der Waals surface area contributed by atoms with E-state index in [2.05, 4.69) is 4.74 Å². The normalized spacial score (nSPS) is 19.7. The van der Waals surface area contributed by atoms with Crippen LogP contribution in [0.5, 0.6) is 0 Å². The summed E-state index contributed by atoms with van der Waals surface area (Å²) in [4.78, 5) is 39.6. The fourth-order valence-corrected chi connectivity index (χ4v) is 2.83. The molecular formula is C16H19N3O6. The molecule has 2 heterocycles. The monoisotopic (exact) mass is 349 g/mol. The second kappa shape index (κ2) is 6.50. The smallest absolute Gasteiger partial charge is 0.416 e. The molecule has 25 heavy (non-hydrogen) atoms. The number of rotatable bonds is 2. The van der Waals surface area contributed by atoms with E-state index in [0.29, 0.717) is 12.1 Å². The van der Waals surface area contributed by atoms with Gasteiger partial charge >= 0.3 is 18.3 Å². The summed E-state index contributed by atoms with van der Waals surface area (Å²) in [6, 6.07) is 5.33. The highest BCUT2D eigenvalue weighted by atomic mass is 16.6. The zero-order valence-corrected chi connectivity index (χ0v) is 14.2. The summed E-state index contributed by atoms with van der Waals surface area (Å²) in [6.45, 7) is 0.465. The molecule has 9 heteroatoms. The van der Waals surface area contributed by atoms with Gasteiger partial charge < -0.3 is 14.2 Å². The SMILES string of the molecule is COC(=O)N(C)[C@H]1CN(c2ccc3c(c2)CCOC(=O)N3C)C(=O)O1. The second-order valence-corrected chi connectivity index (χ2v) is 5.77. The second-order valence-electron chi connectivity index (χ2n) is 5.77. The van der Waals surface area contributed by atoms with Gasteiger partial charge in [-0.15, -0.1) is 0 Å². The number of hydrogen-bond acceptors (Lipinski definition) is 6. The molecule has 0 aliphatic carbocycles. The summed E-state index contributed by atoms with van der Waals surface area (Å²) in [5.74, 6) is 0. The average Bonchev–Trinajstić information content (AvgIpc) is 2.94. The van der Waals surface area contributed by atoms with Crippen molar-refractivity contribution in [2.45, 2.75) is 12.6 Å². The van der Waals surface area contributed by atoms with E-state index in [0.717, 1.165) is 11.3 Å². The molecular weight excluding hydrogens is 330 g/mol. The van der Waals surface area contributed by atoms with Gasteiger partial charge in [0.15, 0.2) is 6.23 Å². The van der Waals surface area contributed by atoms with Gasteiger partial charge in [-0.2, -0.15) is 0 Å². The van der Waals surface area contributed by atoms with Crippen LogP contribution in [0, 0.1) is 0 Å². The van der Waals surface area contributed by atoms with Gasteiger partial charge in [0, 0.05) is 26.2 Å². The Bertz CT molecular complexity index is 722. The van der Waals surface area contributed by atoms with E-state index in [1.807, 2.05) is 6.07 Å². The van der Waals surface area contributed by atoms with Gasteiger partial charge in [0.1, 0.15) is 0 Å². The maximum absolute atomic E-state index is 12.2. The number of carbonyl (C=O) groups excluding carboxylic acids is 3. The molecule has 1 aromatic rings. The van der Waals surface area contributed by atoms with Crippen molar-refractivity contribution in [1.29, 1.82) is 0 Å². The zero-order chi connectivity index (χ0) is 18.1. The van der Waals surface area contributed by atoms with E-state index < -0.39 is 24.5 Å². The largest absolute Gasteiger partial charge is 0.453 e. The minimum atomic E-state index is -0.730. The lowest BCUT2D eigenvalue weighted by Gasteiger charge is -2.21. The highest BCUT2D eigenvalue weighted by Crippen LogP contribution is 2.31. The van der Waals surface area contributed by atoms with Crippen LogP contribution in [0.25, 0.3) is 0 Å². The maximum atomic E-state index is 12.2. The van der Waals surface area contributed by atoms with Crippen LogP contribution in [0.4, 0.5) is 25.8 Å². The third kappa shape index (κ3) is 3.04. The number of anilines is 2. The molecule has 3 rings (SSSR count). The molecule has 3 amide bonds. The Labute approximate surface area is 144 Å². The average molecular weight is 349 g/mol. The minimum absolute atomic E-state index is 0.189. The Balaban J connectivity index is 1.83. The molecule has 1 fully saturated rings. The van der Waals surface area contributed by atoms with Crippen LogP contribution in [0.3, 0.4) is 0 Å². The zero-order valence-electron chi connectivity index (χ0n) is 14.2. The minimum Gasteiger partial charge on any atom is -0.453 e. The van der Waals surface area contributed by atoms with E-state index in [1.54, 1.807) is 19.2 Å². The number of ether oxygens (including phenoxy) is 3. The fourth-order valence-electron chi connectivity index (χ4n) is 2.83. The van der Waals surface area contributed by atoms with Crippen molar-refractivity contribution in [3.63, 3.8) is 0 Å². The Hall–Kier alpha value is -2.97. The van der Waals surface area contributed by atoms with Crippen LogP contribution in [0.1, 0.15) is 5.56 Å².